The van der Waals surface area contributed by atoms with Gasteiger partial charge in [-0.15, -0.1) is 0 Å². The van der Waals surface area contributed by atoms with E-state index in [1.54, 1.807) is 76.2 Å². The number of nitrogens with one attached hydrogen (secondary N) is 1. The van der Waals surface area contributed by atoms with E-state index in [2.05, 4.69) is 10.3 Å². The maximum absolute atomic E-state index is 13.4. The highest BCUT2D eigenvalue weighted by atomic mass is 19.4. The Morgan fingerprint density at radius 1 is 0.974 bits per heavy atom. The summed E-state index contributed by atoms with van der Waals surface area (Å²) in [5, 5.41) is 2.52. The minimum absolute atomic E-state index is 0.157. The van der Waals surface area contributed by atoms with Crippen molar-refractivity contribution in [1.82, 2.24) is 15.2 Å². The van der Waals surface area contributed by atoms with Gasteiger partial charge in [-0.3, -0.25) is 19.5 Å². The van der Waals surface area contributed by atoms with E-state index < -0.39 is 41.3 Å². The molecule has 2 heterocycles. The van der Waals surface area contributed by atoms with Crippen LogP contribution in [-0.4, -0.2) is 33.4 Å². The molecule has 3 aromatic rings. The number of imide groups is 1. The van der Waals surface area contributed by atoms with Gasteiger partial charge in [-0.2, -0.15) is 13.2 Å². The Hall–Kier alpha value is -4.21. The molecule has 4 rings (SSSR count). The number of rotatable bonds is 5. The Balaban J connectivity index is 1.61. The number of alkyl halides is 3. The van der Waals surface area contributed by atoms with Gasteiger partial charge in [0.15, 0.2) is 0 Å². The molecule has 1 atom stereocenters. The Labute approximate surface area is 217 Å². The van der Waals surface area contributed by atoms with E-state index in [1.807, 2.05) is 0 Å². The summed E-state index contributed by atoms with van der Waals surface area (Å²) in [6.45, 7) is 6.63. The van der Waals surface area contributed by atoms with E-state index in [0.29, 0.717) is 28.5 Å². The van der Waals surface area contributed by atoms with Gasteiger partial charge in [0.25, 0.3) is 11.8 Å². The highest BCUT2D eigenvalue weighted by molar-refractivity contribution is 6.21. The third-order valence-corrected chi connectivity index (χ3v) is 6.01. The summed E-state index contributed by atoms with van der Waals surface area (Å²) in [5.74, 6) is -0.806. The first kappa shape index (κ1) is 26.8. The van der Waals surface area contributed by atoms with Gasteiger partial charge in [0, 0.05) is 11.8 Å². The van der Waals surface area contributed by atoms with Crippen molar-refractivity contribution in [2.75, 3.05) is 0 Å². The molecule has 1 aliphatic heterocycles. The van der Waals surface area contributed by atoms with Gasteiger partial charge in [0.2, 0.25) is 0 Å². The third-order valence-electron chi connectivity index (χ3n) is 6.01. The summed E-state index contributed by atoms with van der Waals surface area (Å²) in [5.41, 5.74) is 0.417. The van der Waals surface area contributed by atoms with Crippen molar-refractivity contribution < 1.29 is 32.3 Å². The zero-order valence-electron chi connectivity index (χ0n) is 21.2. The molecule has 10 heteroatoms. The molecule has 198 valence electrons. The predicted molar refractivity (Wildman–Crippen MR) is 133 cm³/mol. The van der Waals surface area contributed by atoms with E-state index in [0.717, 1.165) is 6.07 Å². The Bertz CT molecular complexity index is 1360. The van der Waals surface area contributed by atoms with Crippen LogP contribution in [0.5, 0.6) is 0 Å². The van der Waals surface area contributed by atoms with Gasteiger partial charge in [0.05, 0.1) is 35.0 Å². The second-order valence-corrected chi connectivity index (χ2v) is 9.90. The lowest BCUT2D eigenvalue weighted by molar-refractivity contribution is -0.137. The molecular formula is C28H26F3N3O4. The molecule has 7 nitrogen and oxygen atoms in total. The summed E-state index contributed by atoms with van der Waals surface area (Å²) < 4.78 is 45.5. The number of fused-ring (bicyclic) bond motifs is 1. The highest BCUT2D eigenvalue weighted by Gasteiger charge is 2.38. The van der Waals surface area contributed by atoms with Crippen molar-refractivity contribution in [2.24, 2.45) is 0 Å². The second-order valence-electron chi connectivity index (χ2n) is 9.90. The molecule has 0 radical (unpaired) electrons. The fraction of sp³-hybridized carbons (Fsp3) is 0.286. The minimum Gasteiger partial charge on any atom is -0.444 e. The standard InChI is InChI=1S/C28H26F3N3O4/c1-16(34-24(35)20-7-5-6-8-21(20)25(34)36)17-9-11-18(12-10-17)22-13-19(28(29,30)31)14-32-23(22)15-33-26(37)38-27(2,3)4/h5-14,16H,15H2,1-4H3,(H,33,37)/t16-/m1/s1. The number of benzene rings is 2. The van der Waals surface area contributed by atoms with Crippen molar-refractivity contribution in [2.45, 2.75) is 52.1 Å². The lowest BCUT2D eigenvalue weighted by Crippen LogP contribution is -2.32. The van der Waals surface area contributed by atoms with Crippen molar-refractivity contribution >= 4 is 17.9 Å². The number of nitrogens with zero attached hydrogens (tertiary/aromatic N) is 2. The number of amides is 3. The topological polar surface area (TPSA) is 88.6 Å². The fourth-order valence-corrected chi connectivity index (χ4v) is 4.16. The normalized spacial score (nSPS) is 14.3. The van der Waals surface area contributed by atoms with Gasteiger partial charge in [0.1, 0.15) is 5.60 Å². The Kier molecular flexibility index (Phi) is 7.01. The van der Waals surface area contributed by atoms with Gasteiger partial charge in [-0.25, -0.2) is 4.79 Å². The molecule has 0 saturated heterocycles. The van der Waals surface area contributed by atoms with Crippen LogP contribution in [0.2, 0.25) is 0 Å². The van der Waals surface area contributed by atoms with Gasteiger partial charge in [-0.1, -0.05) is 36.4 Å². The summed E-state index contributed by atoms with van der Waals surface area (Å²) in [6, 6.07) is 13.4. The number of halogens is 3. The summed E-state index contributed by atoms with van der Waals surface area (Å²) in [7, 11) is 0. The number of pyridine rings is 1. The van der Waals surface area contributed by atoms with E-state index in [4.69, 9.17) is 4.74 Å². The molecule has 0 aliphatic carbocycles. The smallest absolute Gasteiger partial charge is 0.417 e. The number of alkyl carbamates (subject to hydrolysis) is 1. The molecule has 38 heavy (non-hydrogen) atoms. The van der Waals surface area contributed by atoms with E-state index in [9.17, 15) is 27.6 Å². The maximum Gasteiger partial charge on any atom is 0.417 e. The molecular weight excluding hydrogens is 499 g/mol. The number of hydrogen-bond donors (Lipinski definition) is 1. The Morgan fingerprint density at radius 2 is 1.55 bits per heavy atom. The van der Waals surface area contributed by atoms with Crippen LogP contribution >= 0.6 is 0 Å². The van der Waals surface area contributed by atoms with Crippen molar-refractivity contribution in [1.29, 1.82) is 0 Å². The van der Waals surface area contributed by atoms with Gasteiger partial charge < -0.3 is 10.1 Å². The van der Waals surface area contributed by atoms with Crippen molar-refractivity contribution in [3.63, 3.8) is 0 Å². The van der Waals surface area contributed by atoms with Crippen LogP contribution in [0.3, 0.4) is 0 Å². The van der Waals surface area contributed by atoms with Crippen molar-refractivity contribution in [3.05, 3.63) is 88.7 Å². The van der Waals surface area contributed by atoms with Crippen LogP contribution in [0.4, 0.5) is 18.0 Å². The van der Waals surface area contributed by atoms with Crippen LogP contribution < -0.4 is 5.32 Å². The number of carbonyl (C=O) groups is 3. The fourth-order valence-electron chi connectivity index (χ4n) is 4.16. The summed E-state index contributed by atoms with van der Waals surface area (Å²) in [6.07, 6.45) is -4.62. The second kappa shape index (κ2) is 9.92. The zero-order valence-corrected chi connectivity index (χ0v) is 21.2. The minimum atomic E-state index is -4.61. The van der Waals surface area contributed by atoms with E-state index in [-0.39, 0.29) is 17.8 Å². The molecule has 1 aromatic heterocycles. The number of carbonyl (C=O) groups excluding carboxylic acids is 3. The number of ether oxygens (including phenoxy) is 1. The third kappa shape index (κ3) is 5.53. The van der Waals surface area contributed by atoms with Gasteiger partial charge >= 0.3 is 12.3 Å². The molecule has 0 unspecified atom stereocenters. The SMILES string of the molecule is C[C@H](c1ccc(-c2cc(C(F)(F)F)cnc2CNC(=O)OC(C)(C)C)cc1)N1C(=O)c2ccccc2C1=O. The predicted octanol–water partition coefficient (Wildman–Crippen LogP) is 6.15. The van der Waals surface area contributed by atoms with E-state index >= 15 is 0 Å². The van der Waals surface area contributed by atoms with Crippen LogP contribution in [0.15, 0.2) is 60.8 Å². The molecule has 0 fully saturated rings. The van der Waals surface area contributed by atoms with Crippen LogP contribution in [-0.2, 0) is 17.5 Å². The first-order chi connectivity index (χ1) is 17.8. The maximum atomic E-state index is 13.4. The number of aromatic nitrogens is 1. The molecule has 0 bridgehead atoms. The zero-order chi connectivity index (χ0) is 27.8. The van der Waals surface area contributed by atoms with Crippen LogP contribution in [0.1, 0.15) is 71.3 Å². The highest BCUT2D eigenvalue weighted by Crippen LogP contribution is 2.35. The molecule has 0 saturated carbocycles. The average molecular weight is 526 g/mol. The molecule has 1 aliphatic rings. The average Bonchev–Trinajstić information content (AvgIpc) is 3.10. The van der Waals surface area contributed by atoms with Crippen molar-refractivity contribution in [3.8, 4) is 11.1 Å². The number of hydrogen-bond acceptors (Lipinski definition) is 5. The quantitative estimate of drug-likeness (QED) is 0.404. The van der Waals surface area contributed by atoms with Crippen LogP contribution in [0, 0.1) is 0 Å². The largest absolute Gasteiger partial charge is 0.444 e. The Morgan fingerprint density at radius 3 is 2.08 bits per heavy atom. The lowest BCUT2D eigenvalue weighted by atomic mass is 9.98. The first-order valence-corrected chi connectivity index (χ1v) is 11.9. The monoisotopic (exact) mass is 525 g/mol. The first-order valence-electron chi connectivity index (χ1n) is 11.9. The molecule has 1 N–H and O–H groups in total. The van der Waals surface area contributed by atoms with E-state index in [1.165, 1.54) is 4.90 Å². The van der Waals surface area contributed by atoms with Gasteiger partial charge in [-0.05, 0) is 57.0 Å². The summed E-state index contributed by atoms with van der Waals surface area (Å²) >= 11 is 0. The molecule has 2 aromatic carbocycles. The molecule has 3 amide bonds. The molecule has 0 spiro atoms. The lowest BCUT2D eigenvalue weighted by Gasteiger charge is -2.23. The summed E-state index contributed by atoms with van der Waals surface area (Å²) in [4.78, 5) is 42.9. The van der Waals surface area contributed by atoms with Crippen LogP contribution in [0.25, 0.3) is 11.1 Å².